The van der Waals surface area contributed by atoms with Crippen LogP contribution in [0.5, 0.6) is 0 Å². The van der Waals surface area contributed by atoms with Crippen molar-refractivity contribution in [2.24, 2.45) is 0 Å². The first-order valence-electron chi connectivity index (χ1n) is 9.75. The molecule has 1 aromatic carbocycles. The highest BCUT2D eigenvalue weighted by molar-refractivity contribution is 5.74. The van der Waals surface area contributed by atoms with E-state index in [-0.39, 0.29) is 17.4 Å². The van der Waals surface area contributed by atoms with Crippen LogP contribution in [0, 0.1) is 6.92 Å². The summed E-state index contributed by atoms with van der Waals surface area (Å²) >= 11 is 0. The van der Waals surface area contributed by atoms with E-state index in [1.807, 2.05) is 4.90 Å². The molecule has 0 unspecified atom stereocenters. The monoisotopic (exact) mass is 370 g/mol. The largest absolute Gasteiger partial charge is 0.425 e. The molecule has 1 aliphatic rings. The number of hydrogen-bond donors (Lipinski definition) is 1. The third kappa shape index (κ3) is 5.08. The molecule has 1 aliphatic heterocycles. The first-order chi connectivity index (χ1) is 12.8. The van der Waals surface area contributed by atoms with Gasteiger partial charge >= 0.3 is 6.03 Å². The fourth-order valence-electron chi connectivity index (χ4n) is 3.40. The van der Waals surface area contributed by atoms with Crippen molar-refractivity contribution in [2.45, 2.75) is 58.3 Å². The molecule has 1 fully saturated rings. The van der Waals surface area contributed by atoms with Gasteiger partial charge in [0.1, 0.15) is 0 Å². The van der Waals surface area contributed by atoms with Crippen LogP contribution in [0.2, 0.25) is 0 Å². The Morgan fingerprint density at radius 2 is 1.85 bits per heavy atom. The molecular weight excluding hydrogens is 340 g/mol. The van der Waals surface area contributed by atoms with Crippen LogP contribution in [0.15, 0.2) is 28.7 Å². The van der Waals surface area contributed by atoms with Crippen molar-refractivity contribution in [3.8, 4) is 0 Å². The number of carbonyl (C=O) groups excluding carboxylic acids is 1. The van der Waals surface area contributed by atoms with Gasteiger partial charge in [-0.2, -0.15) is 0 Å². The number of carbonyl (C=O) groups is 1. The minimum atomic E-state index is 0.0153. The van der Waals surface area contributed by atoms with Gasteiger partial charge in [-0.05, 0) is 35.8 Å². The Morgan fingerprint density at radius 3 is 2.41 bits per heavy atom. The average Bonchev–Trinajstić information content (AvgIpc) is 3.08. The lowest BCUT2D eigenvalue weighted by Crippen LogP contribution is -2.44. The van der Waals surface area contributed by atoms with Gasteiger partial charge in [0, 0.05) is 32.5 Å². The van der Waals surface area contributed by atoms with Crippen molar-refractivity contribution in [1.82, 2.24) is 20.4 Å². The van der Waals surface area contributed by atoms with E-state index in [0.29, 0.717) is 18.3 Å². The Labute approximate surface area is 161 Å². The molecule has 0 bridgehead atoms. The van der Waals surface area contributed by atoms with Crippen LogP contribution in [0.25, 0.3) is 0 Å². The van der Waals surface area contributed by atoms with Crippen LogP contribution in [-0.4, -0.2) is 40.8 Å². The number of hydrogen-bond acceptors (Lipinski definition) is 4. The number of urea groups is 1. The normalized spacial score (nSPS) is 15.8. The van der Waals surface area contributed by atoms with Gasteiger partial charge < -0.3 is 14.6 Å². The number of amides is 2. The van der Waals surface area contributed by atoms with Crippen molar-refractivity contribution in [3.63, 3.8) is 0 Å². The highest BCUT2D eigenvalue weighted by Crippen LogP contribution is 2.27. The number of aryl methyl sites for hydroxylation is 1. The highest BCUT2D eigenvalue weighted by Gasteiger charge is 2.26. The summed E-state index contributed by atoms with van der Waals surface area (Å²) in [6.45, 7) is 10.5. The van der Waals surface area contributed by atoms with Crippen LogP contribution in [0.3, 0.4) is 0 Å². The molecule has 0 atom stereocenters. The smallest absolute Gasteiger partial charge is 0.317 e. The number of likely N-dealkylation sites (tertiary alicyclic amines) is 1. The molecule has 1 aromatic heterocycles. The van der Waals surface area contributed by atoms with Crippen LogP contribution in [0.1, 0.15) is 62.4 Å². The SMILES string of the molecule is Cc1nnc(C2CCN(C(=O)NCCc3ccc(C(C)(C)C)cc3)CC2)o1. The van der Waals surface area contributed by atoms with Crippen molar-refractivity contribution in [3.05, 3.63) is 47.2 Å². The summed E-state index contributed by atoms with van der Waals surface area (Å²) in [6.07, 6.45) is 2.57. The van der Waals surface area contributed by atoms with Crippen LogP contribution in [-0.2, 0) is 11.8 Å². The Bertz CT molecular complexity index is 753. The topological polar surface area (TPSA) is 71.3 Å². The number of piperidine rings is 1. The molecule has 0 saturated carbocycles. The maximum absolute atomic E-state index is 12.4. The summed E-state index contributed by atoms with van der Waals surface area (Å²) < 4.78 is 5.52. The van der Waals surface area contributed by atoms with Crippen LogP contribution in [0.4, 0.5) is 4.79 Å². The molecule has 0 radical (unpaired) electrons. The van der Waals surface area contributed by atoms with E-state index in [4.69, 9.17) is 4.42 Å². The Balaban J connectivity index is 1.41. The zero-order valence-corrected chi connectivity index (χ0v) is 16.8. The van der Waals surface area contributed by atoms with Gasteiger partial charge in [-0.1, -0.05) is 45.0 Å². The first kappa shape index (κ1) is 19.4. The fourth-order valence-corrected chi connectivity index (χ4v) is 3.40. The molecule has 146 valence electrons. The van der Waals surface area contributed by atoms with Gasteiger partial charge in [-0.25, -0.2) is 4.79 Å². The van der Waals surface area contributed by atoms with Gasteiger partial charge in [0.15, 0.2) is 0 Å². The summed E-state index contributed by atoms with van der Waals surface area (Å²) in [5.74, 6) is 1.56. The van der Waals surface area contributed by atoms with Gasteiger partial charge in [-0.3, -0.25) is 0 Å². The van der Waals surface area contributed by atoms with Crippen molar-refractivity contribution in [2.75, 3.05) is 19.6 Å². The van der Waals surface area contributed by atoms with E-state index in [1.54, 1.807) is 6.92 Å². The molecule has 6 nitrogen and oxygen atoms in total. The van der Waals surface area contributed by atoms with Crippen molar-refractivity contribution in [1.29, 1.82) is 0 Å². The van der Waals surface area contributed by atoms with E-state index in [2.05, 4.69) is 60.6 Å². The summed E-state index contributed by atoms with van der Waals surface area (Å²) in [4.78, 5) is 14.3. The second kappa shape index (κ2) is 8.11. The lowest BCUT2D eigenvalue weighted by Gasteiger charge is -2.30. The Hall–Kier alpha value is -2.37. The number of rotatable bonds is 4. The Kier molecular flexibility index (Phi) is 5.82. The summed E-state index contributed by atoms with van der Waals surface area (Å²) in [7, 11) is 0. The highest BCUT2D eigenvalue weighted by atomic mass is 16.4. The molecule has 1 N–H and O–H groups in total. The third-order valence-electron chi connectivity index (χ3n) is 5.18. The minimum Gasteiger partial charge on any atom is -0.425 e. The zero-order valence-electron chi connectivity index (χ0n) is 16.8. The number of aromatic nitrogens is 2. The van der Waals surface area contributed by atoms with Crippen LogP contribution >= 0.6 is 0 Å². The van der Waals surface area contributed by atoms with E-state index < -0.39 is 0 Å². The quantitative estimate of drug-likeness (QED) is 0.888. The third-order valence-corrected chi connectivity index (χ3v) is 5.18. The number of nitrogens with one attached hydrogen (secondary N) is 1. The predicted octanol–water partition coefficient (Wildman–Crippen LogP) is 3.81. The molecule has 2 aromatic rings. The van der Waals surface area contributed by atoms with Gasteiger partial charge in [-0.15, -0.1) is 10.2 Å². The average molecular weight is 370 g/mol. The molecule has 1 saturated heterocycles. The fraction of sp³-hybridized carbons (Fsp3) is 0.571. The molecule has 2 heterocycles. The lowest BCUT2D eigenvalue weighted by molar-refractivity contribution is 0.177. The summed E-state index contributed by atoms with van der Waals surface area (Å²) in [6, 6.07) is 8.69. The molecule has 6 heteroatoms. The second-order valence-corrected chi connectivity index (χ2v) is 8.35. The maximum Gasteiger partial charge on any atom is 0.317 e. The molecule has 0 spiro atoms. The van der Waals surface area contributed by atoms with Crippen molar-refractivity contribution >= 4 is 6.03 Å². The Morgan fingerprint density at radius 1 is 1.19 bits per heavy atom. The molecule has 27 heavy (non-hydrogen) atoms. The summed E-state index contributed by atoms with van der Waals surface area (Å²) in [5.41, 5.74) is 2.74. The zero-order chi connectivity index (χ0) is 19.4. The first-order valence-corrected chi connectivity index (χ1v) is 9.75. The molecule has 0 aliphatic carbocycles. The van der Waals surface area contributed by atoms with Crippen molar-refractivity contribution < 1.29 is 9.21 Å². The number of nitrogens with zero attached hydrogens (tertiary/aromatic N) is 3. The summed E-state index contributed by atoms with van der Waals surface area (Å²) in [5, 5.41) is 11.0. The van der Waals surface area contributed by atoms with Gasteiger partial charge in [0.2, 0.25) is 11.8 Å². The standard InChI is InChI=1S/C21H30N4O2/c1-15-23-24-19(27-15)17-10-13-25(14-11-17)20(26)22-12-9-16-5-7-18(8-6-16)21(2,3)4/h5-8,17H,9-14H2,1-4H3,(H,22,26). The number of benzene rings is 1. The van der Waals surface area contributed by atoms with E-state index in [9.17, 15) is 4.79 Å². The van der Waals surface area contributed by atoms with Crippen LogP contribution < -0.4 is 5.32 Å². The molecule has 3 rings (SSSR count). The van der Waals surface area contributed by atoms with Gasteiger partial charge in [0.05, 0.1) is 0 Å². The molecule has 2 amide bonds. The van der Waals surface area contributed by atoms with E-state index in [1.165, 1.54) is 11.1 Å². The van der Waals surface area contributed by atoms with E-state index in [0.717, 1.165) is 32.4 Å². The molecular formula is C21H30N4O2. The second-order valence-electron chi connectivity index (χ2n) is 8.35. The van der Waals surface area contributed by atoms with E-state index >= 15 is 0 Å². The predicted molar refractivity (Wildman–Crippen MR) is 105 cm³/mol. The maximum atomic E-state index is 12.4. The lowest BCUT2D eigenvalue weighted by atomic mass is 9.86. The minimum absolute atomic E-state index is 0.0153. The van der Waals surface area contributed by atoms with Gasteiger partial charge in [0.25, 0.3) is 0 Å².